The van der Waals surface area contributed by atoms with Gasteiger partial charge in [-0.05, 0) is 58.4 Å². The van der Waals surface area contributed by atoms with Gasteiger partial charge >= 0.3 is 5.97 Å². The third-order valence-corrected chi connectivity index (χ3v) is 7.36. The zero-order chi connectivity index (χ0) is 31.1. The Kier molecular flexibility index (Phi) is 20.1. The molecule has 1 heterocycles. The molecular formula is C34H60N2O6. The highest BCUT2D eigenvalue weighted by Gasteiger charge is 2.45. The van der Waals surface area contributed by atoms with Crippen molar-refractivity contribution < 1.29 is 28.6 Å². The van der Waals surface area contributed by atoms with E-state index in [0.717, 1.165) is 12.8 Å². The number of hydrogen-bond donors (Lipinski definition) is 2. The summed E-state index contributed by atoms with van der Waals surface area (Å²) in [6.07, 6.45) is 24.4. The molecule has 0 aromatic heterocycles. The second kappa shape index (κ2) is 22.4. The van der Waals surface area contributed by atoms with Gasteiger partial charge in [0.05, 0.1) is 19.3 Å². The monoisotopic (exact) mass is 592 g/mol. The molecule has 1 aliphatic heterocycles. The fraction of sp³-hybridized carbons (Fsp3) is 0.794. The number of carbonyl (C=O) groups is 3. The Morgan fingerprint density at radius 2 is 1.38 bits per heavy atom. The lowest BCUT2D eigenvalue weighted by Crippen LogP contribution is -2.56. The molecule has 1 rings (SSSR count). The first kappa shape index (κ1) is 37.8. The van der Waals surface area contributed by atoms with Crippen LogP contribution in [0.1, 0.15) is 137 Å². The summed E-state index contributed by atoms with van der Waals surface area (Å²) >= 11 is 0. The van der Waals surface area contributed by atoms with Crippen LogP contribution in [0.2, 0.25) is 0 Å². The van der Waals surface area contributed by atoms with Gasteiger partial charge in [0.1, 0.15) is 6.10 Å². The molecule has 0 aliphatic carbocycles. The molecule has 1 fully saturated rings. The minimum absolute atomic E-state index is 0.0514. The van der Waals surface area contributed by atoms with E-state index in [4.69, 9.17) is 14.2 Å². The van der Waals surface area contributed by atoms with Gasteiger partial charge in [0, 0.05) is 24.9 Å². The van der Waals surface area contributed by atoms with Crippen molar-refractivity contribution in [2.45, 2.75) is 149 Å². The summed E-state index contributed by atoms with van der Waals surface area (Å²) in [6.45, 7) is 10.7. The van der Waals surface area contributed by atoms with Crippen LogP contribution in [0, 0.1) is 5.41 Å². The molecule has 1 saturated heterocycles. The predicted molar refractivity (Wildman–Crippen MR) is 169 cm³/mol. The number of ether oxygens (including phenoxy) is 3. The highest BCUT2D eigenvalue weighted by molar-refractivity contribution is 5.82. The average Bonchev–Trinajstić information content (AvgIpc) is 2.94. The van der Waals surface area contributed by atoms with E-state index in [1.165, 1.54) is 76.9 Å². The highest BCUT2D eigenvalue weighted by atomic mass is 16.7. The van der Waals surface area contributed by atoms with Crippen LogP contribution in [0.15, 0.2) is 24.5 Å². The summed E-state index contributed by atoms with van der Waals surface area (Å²) in [5.41, 5.74) is -0.470. The lowest BCUT2D eigenvalue weighted by Gasteiger charge is -2.44. The summed E-state index contributed by atoms with van der Waals surface area (Å²) < 4.78 is 16.5. The van der Waals surface area contributed by atoms with Gasteiger partial charge in [-0.15, -0.1) is 0 Å². The van der Waals surface area contributed by atoms with Gasteiger partial charge in [-0.2, -0.15) is 0 Å². The van der Waals surface area contributed by atoms with Crippen LogP contribution in [0.3, 0.4) is 0 Å². The SMILES string of the molecule is CCCCCCCC/C=C\CCCCCCCC(=O)NCCC=COC(=O)CCNC(=O)C1OC(C)(C)OCC1(C)C. The van der Waals surface area contributed by atoms with Crippen molar-refractivity contribution >= 4 is 17.8 Å². The van der Waals surface area contributed by atoms with Crippen LogP contribution in [0.4, 0.5) is 0 Å². The molecule has 8 heteroatoms. The average molecular weight is 593 g/mol. The lowest BCUT2D eigenvalue weighted by molar-refractivity contribution is -0.304. The van der Waals surface area contributed by atoms with Crippen molar-refractivity contribution in [1.29, 1.82) is 0 Å². The molecule has 0 saturated carbocycles. The van der Waals surface area contributed by atoms with E-state index in [1.54, 1.807) is 19.9 Å². The van der Waals surface area contributed by atoms with Crippen molar-refractivity contribution in [3.63, 3.8) is 0 Å². The topological polar surface area (TPSA) is 103 Å². The number of hydrogen-bond acceptors (Lipinski definition) is 6. The zero-order valence-electron chi connectivity index (χ0n) is 27.3. The molecule has 0 aromatic rings. The first-order valence-corrected chi connectivity index (χ1v) is 16.4. The zero-order valence-corrected chi connectivity index (χ0v) is 27.3. The van der Waals surface area contributed by atoms with E-state index in [-0.39, 0.29) is 24.8 Å². The number of nitrogens with one attached hydrogen (secondary N) is 2. The van der Waals surface area contributed by atoms with E-state index in [1.807, 2.05) is 13.8 Å². The van der Waals surface area contributed by atoms with E-state index >= 15 is 0 Å². The molecule has 242 valence electrons. The molecule has 2 N–H and O–H groups in total. The van der Waals surface area contributed by atoms with Crippen LogP contribution in [0.25, 0.3) is 0 Å². The molecule has 2 amide bonds. The number of esters is 1. The largest absolute Gasteiger partial charge is 0.435 e. The molecule has 0 spiro atoms. The van der Waals surface area contributed by atoms with Gasteiger partial charge in [0.2, 0.25) is 11.8 Å². The normalized spacial score (nSPS) is 17.9. The van der Waals surface area contributed by atoms with Crippen LogP contribution in [-0.4, -0.2) is 49.4 Å². The Balaban J connectivity index is 1.96. The standard InChI is InChI=1S/C34H60N2O6/c1-6-7-8-9-10-11-12-13-14-15-16-17-18-19-20-23-29(37)35-25-21-22-27-40-30(38)24-26-36-32(39)31-33(2,3)28-41-34(4,5)42-31/h13-14,22,27,31H,6-12,15-21,23-26,28H2,1-5H3,(H,35,37)(H,36,39)/b14-13-,27-22?. The number of allylic oxidation sites excluding steroid dienone is 2. The Labute approximate surface area is 255 Å². The Bertz CT molecular complexity index is 821. The van der Waals surface area contributed by atoms with Crippen molar-refractivity contribution in [3.8, 4) is 0 Å². The molecule has 1 unspecified atom stereocenters. The van der Waals surface area contributed by atoms with Crippen molar-refractivity contribution in [3.05, 3.63) is 24.5 Å². The van der Waals surface area contributed by atoms with E-state index in [0.29, 0.717) is 26.0 Å². The second-order valence-corrected chi connectivity index (χ2v) is 12.6. The smallest absolute Gasteiger partial charge is 0.312 e. The summed E-state index contributed by atoms with van der Waals surface area (Å²) in [4.78, 5) is 36.5. The van der Waals surface area contributed by atoms with E-state index in [9.17, 15) is 14.4 Å². The van der Waals surface area contributed by atoms with Crippen LogP contribution in [-0.2, 0) is 28.6 Å². The summed E-state index contributed by atoms with van der Waals surface area (Å²) in [5.74, 6) is -1.47. The predicted octanol–water partition coefficient (Wildman–Crippen LogP) is 7.27. The van der Waals surface area contributed by atoms with Gasteiger partial charge in [-0.25, -0.2) is 0 Å². The van der Waals surface area contributed by atoms with Gasteiger partial charge in [0.25, 0.3) is 0 Å². The lowest BCUT2D eigenvalue weighted by atomic mass is 9.85. The maximum atomic E-state index is 12.6. The van der Waals surface area contributed by atoms with Crippen LogP contribution in [0.5, 0.6) is 0 Å². The van der Waals surface area contributed by atoms with Gasteiger partial charge in [0.15, 0.2) is 5.79 Å². The Morgan fingerprint density at radius 1 is 0.762 bits per heavy atom. The summed E-state index contributed by atoms with van der Waals surface area (Å²) in [5, 5.41) is 5.66. The van der Waals surface area contributed by atoms with Crippen LogP contribution >= 0.6 is 0 Å². The molecule has 42 heavy (non-hydrogen) atoms. The minimum Gasteiger partial charge on any atom is -0.435 e. The summed E-state index contributed by atoms with van der Waals surface area (Å²) in [6, 6.07) is 0. The number of rotatable bonds is 23. The van der Waals surface area contributed by atoms with E-state index in [2.05, 4.69) is 29.7 Å². The molecule has 1 atom stereocenters. The number of carbonyl (C=O) groups excluding carboxylic acids is 3. The van der Waals surface area contributed by atoms with Gasteiger partial charge in [-0.1, -0.05) is 84.3 Å². The first-order valence-electron chi connectivity index (χ1n) is 16.4. The third kappa shape index (κ3) is 19.1. The molecular weight excluding hydrogens is 532 g/mol. The molecule has 0 aromatic carbocycles. The maximum absolute atomic E-state index is 12.6. The quantitative estimate of drug-likeness (QED) is 0.0560. The molecule has 0 radical (unpaired) electrons. The number of unbranched alkanes of at least 4 members (excludes halogenated alkanes) is 11. The Morgan fingerprint density at radius 3 is 2.05 bits per heavy atom. The van der Waals surface area contributed by atoms with Crippen molar-refractivity contribution in [2.75, 3.05) is 19.7 Å². The molecule has 8 nitrogen and oxygen atoms in total. The highest BCUT2D eigenvalue weighted by Crippen LogP contribution is 2.34. The maximum Gasteiger partial charge on any atom is 0.312 e. The van der Waals surface area contributed by atoms with Crippen molar-refractivity contribution in [1.82, 2.24) is 10.6 Å². The summed E-state index contributed by atoms with van der Waals surface area (Å²) in [7, 11) is 0. The fourth-order valence-corrected chi connectivity index (χ4v) is 4.69. The van der Waals surface area contributed by atoms with Crippen molar-refractivity contribution in [2.24, 2.45) is 5.41 Å². The molecule has 0 bridgehead atoms. The first-order chi connectivity index (χ1) is 20.1. The second-order valence-electron chi connectivity index (χ2n) is 12.6. The fourth-order valence-electron chi connectivity index (χ4n) is 4.69. The van der Waals surface area contributed by atoms with Gasteiger partial charge < -0.3 is 24.8 Å². The number of amides is 2. The van der Waals surface area contributed by atoms with Crippen LogP contribution < -0.4 is 10.6 Å². The minimum atomic E-state index is -0.829. The van der Waals surface area contributed by atoms with Gasteiger partial charge in [-0.3, -0.25) is 14.4 Å². The third-order valence-electron chi connectivity index (χ3n) is 7.36. The molecule has 1 aliphatic rings. The Hall–Kier alpha value is -2.19. The van der Waals surface area contributed by atoms with E-state index < -0.39 is 23.3 Å².